The zero-order chi connectivity index (χ0) is 15.8. The van der Waals surface area contributed by atoms with Gasteiger partial charge in [0, 0.05) is 20.9 Å². The molecule has 21 heavy (non-hydrogen) atoms. The molecule has 112 valence electrons. The van der Waals surface area contributed by atoms with Gasteiger partial charge in [0.2, 0.25) is 0 Å². The number of hydrogen-bond donors (Lipinski definition) is 2. The lowest BCUT2D eigenvalue weighted by Crippen LogP contribution is -2.05. The van der Waals surface area contributed by atoms with Crippen molar-refractivity contribution in [2.45, 2.75) is 13.1 Å². The number of nitrogens with one attached hydrogen (secondary N) is 1. The van der Waals surface area contributed by atoms with Gasteiger partial charge in [-0.05, 0) is 58.7 Å². The third-order valence-electron chi connectivity index (χ3n) is 2.86. The van der Waals surface area contributed by atoms with Crippen molar-refractivity contribution in [1.82, 2.24) is 0 Å². The number of hydrogen-bond acceptors (Lipinski definition) is 2. The molecule has 0 amide bonds. The molecule has 0 saturated heterocycles. The second-order valence-electron chi connectivity index (χ2n) is 4.54. The van der Waals surface area contributed by atoms with Gasteiger partial charge in [0.05, 0.1) is 11.3 Å². The minimum atomic E-state index is -4.45. The molecule has 0 aromatic heterocycles. The number of anilines is 3. The fourth-order valence-corrected chi connectivity index (χ4v) is 2.47. The molecule has 0 saturated carbocycles. The van der Waals surface area contributed by atoms with Gasteiger partial charge in [0.15, 0.2) is 0 Å². The van der Waals surface area contributed by atoms with Gasteiger partial charge in [0.25, 0.3) is 0 Å². The molecule has 0 unspecified atom stereocenters. The van der Waals surface area contributed by atoms with Gasteiger partial charge in [-0.2, -0.15) is 13.2 Å². The maximum atomic E-state index is 12.8. The summed E-state index contributed by atoms with van der Waals surface area (Å²) in [4.78, 5) is 0. The van der Waals surface area contributed by atoms with E-state index in [0.29, 0.717) is 15.8 Å². The predicted molar refractivity (Wildman–Crippen MR) is 83.0 cm³/mol. The summed E-state index contributed by atoms with van der Waals surface area (Å²) in [5.74, 6) is 0. The zero-order valence-electron chi connectivity index (χ0n) is 10.9. The second kappa shape index (κ2) is 5.77. The zero-order valence-corrected chi connectivity index (χ0v) is 13.2. The summed E-state index contributed by atoms with van der Waals surface area (Å²) in [6.07, 6.45) is -4.45. The van der Waals surface area contributed by atoms with Crippen LogP contribution in [0.4, 0.5) is 30.2 Å². The van der Waals surface area contributed by atoms with E-state index in [1.54, 1.807) is 12.1 Å². The van der Waals surface area contributed by atoms with Gasteiger partial charge in [-0.25, -0.2) is 0 Å². The predicted octanol–water partition coefficient (Wildman–Crippen LogP) is 5.76. The molecule has 0 fully saturated rings. The fraction of sp³-hybridized carbons (Fsp3) is 0.143. The number of nitrogens with two attached hydrogens (primary N) is 1. The molecule has 3 N–H and O–H groups in total. The Morgan fingerprint density at radius 2 is 1.81 bits per heavy atom. The van der Waals surface area contributed by atoms with Crippen molar-refractivity contribution in [3.8, 4) is 0 Å². The van der Waals surface area contributed by atoms with Crippen molar-refractivity contribution in [3.63, 3.8) is 0 Å². The standard InChI is InChI=1S/C14H11BrClF3N2/c1-7-2-13(11(15)6-12(7)20)21-10-4-8(14(17,18)19)3-9(16)5-10/h2-6,21H,20H2,1H3. The number of halogens is 5. The van der Waals surface area contributed by atoms with E-state index in [0.717, 1.165) is 17.7 Å². The lowest BCUT2D eigenvalue weighted by atomic mass is 10.1. The number of rotatable bonds is 2. The van der Waals surface area contributed by atoms with Crippen LogP contribution < -0.4 is 11.1 Å². The fourth-order valence-electron chi connectivity index (χ4n) is 1.77. The molecule has 0 aliphatic heterocycles. The van der Waals surface area contributed by atoms with E-state index >= 15 is 0 Å². The summed E-state index contributed by atoms with van der Waals surface area (Å²) in [7, 11) is 0. The van der Waals surface area contributed by atoms with Crippen LogP contribution in [0.15, 0.2) is 34.8 Å². The summed E-state index contributed by atoms with van der Waals surface area (Å²) in [6, 6.07) is 6.75. The van der Waals surface area contributed by atoms with E-state index in [2.05, 4.69) is 21.2 Å². The van der Waals surface area contributed by atoms with Crippen LogP contribution in [0.3, 0.4) is 0 Å². The van der Waals surface area contributed by atoms with Crippen LogP contribution in [0, 0.1) is 6.92 Å². The SMILES string of the molecule is Cc1cc(Nc2cc(Cl)cc(C(F)(F)F)c2)c(Br)cc1N. The highest BCUT2D eigenvalue weighted by Crippen LogP contribution is 2.35. The first kappa shape index (κ1) is 16.0. The third-order valence-corrected chi connectivity index (χ3v) is 3.73. The molecule has 0 atom stereocenters. The van der Waals surface area contributed by atoms with Gasteiger partial charge in [0.1, 0.15) is 0 Å². The van der Waals surface area contributed by atoms with Crippen LogP contribution in [0.5, 0.6) is 0 Å². The number of benzene rings is 2. The Hall–Kier alpha value is -1.40. The molecule has 0 spiro atoms. The summed E-state index contributed by atoms with van der Waals surface area (Å²) in [5.41, 5.74) is 7.22. The molecule has 0 bridgehead atoms. The van der Waals surface area contributed by atoms with Crippen molar-refractivity contribution in [3.05, 3.63) is 51.0 Å². The molecule has 7 heteroatoms. The van der Waals surface area contributed by atoms with Gasteiger partial charge >= 0.3 is 6.18 Å². The molecule has 0 aliphatic rings. The Labute approximate surface area is 133 Å². The Kier molecular flexibility index (Phi) is 4.39. The van der Waals surface area contributed by atoms with Crippen LogP contribution in [0.25, 0.3) is 0 Å². The van der Waals surface area contributed by atoms with Crippen molar-refractivity contribution in [2.24, 2.45) is 0 Å². The number of aryl methyl sites for hydroxylation is 1. The quantitative estimate of drug-likeness (QED) is 0.651. The molecule has 2 aromatic carbocycles. The Morgan fingerprint density at radius 1 is 1.14 bits per heavy atom. The monoisotopic (exact) mass is 378 g/mol. The van der Waals surface area contributed by atoms with E-state index in [9.17, 15) is 13.2 Å². The molecular weight excluding hydrogens is 369 g/mol. The molecule has 0 radical (unpaired) electrons. The minimum Gasteiger partial charge on any atom is -0.398 e. The highest BCUT2D eigenvalue weighted by atomic mass is 79.9. The van der Waals surface area contributed by atoms with E-state index in [-0.39, 0.29) is 10.7 Å². The highest BCUT2D eigenvalue weighted by molar-refractivity contribution is 9.10. The molecule has 2 aromatic rings. The molecule has 2 rings (SSSR count). The van der Waals surface area contributed by atoms with E-state index in [1.165, 1.54) is 6.07 Å². The van der Waals surface area contributed by atoms with Crippen LogP contribution in [0.1, 0.15) is 11.1 Å². The molecule has 0 aliphatic carbocycles. The summed E-state index contributed by atoms with van der Waals surface area (Å²) >= 11 is 9.06. The molecule has 0 heterocycles. The van der Waals surface area contributed by atoms with E-state index in [4.69, 9.17) is 17.3 Å². The number of alkyl halides is 3. The summed E-state index contributed by atoms with van der Waals surface area (Å²) in [5, 5.41) is 2.92. The van der Waals surface area contributed by atoms with Crippen molar-refractivity contribution < 1.29 is 13.2 Å². The third kappa shape index (κ3) is 3.83. The molecule has 2 nitrogen and oxygen atoms in total. The minimum absolute atomic E-state index is 0.00983. The number of nitrogen functional groups attached to an aromatic ring is 1. The first-order valence-electron chi connectivity index (χ1n) is 5.87. The normalized spacial score (nSPS) is 11.5. The van der Waals surface area contributed by atoms with Crippen LogP contribution in [-0.4, -0.2) is 0 Å². The van der Waals surface area contributed by atoms with Gasteiger partial charge < -0.3 is 11.1 Å². The Morgan fingerprint density at radius 3 is 2.43 bits per heavy atom. The Balaban J connectivity index is 2.40. The van der Waals surface area contributed by atoms with E-state index < -0.39 is 11.7 Å². The van der Waals surface area contributed by atoms with Gasteiger partial charge in [-0.1, -0.05) is 11.6 Å². The maximum Gasteiger partial charge on any atom is 0.416 e. The first-order valence-corrected chi connectivity index (χ1v) is 7.04. The molecular formula is C14H11BrClF3N2. The van der Waals surface area contributed by atoms with E-state index in [1.807, 2.05) is 6.92 Å². The Bertz CT molecular complexity index is 687. The van der Waals surface area contributed by atoms with Crippen LogP contribution in [-0.2, 0) is 6.18 Å². The summed E-state index contributed by atoms with van der Waals surface area (Å²) < 4.78 is 39.0. The van der Waals surface area contributed by atoms with Crippen molar-refractivity contribution >= 4 is 44.6 Å². The average Bonchev–Trinajstić information content (AvgIpc) is 2.34. The first-order chi connectivity index (χ1) is 9.66. The highest BCUT2D eigenvalue weighted by Gasteiger charge is 2.31. The summed E-state index contributed by atoms with van der Waals surface area (Å²) in [6.45, 7) is 1.81. The largest absolute Gasteiger partial charge is 0.416 e. The van der Waals surface area contributed by atoms with Crippen LogP contribution in [0.2, 0.25) is 5.02 Å². The topological polar surface area (TPSA) is 38.0 Å². The van der Waals surface area contributed by atoms with Gasteiger partial charge in [-0.3, -0.25) is 0 Å². The smallest absolute Gasteiger partial charge is 0.398 e. The lowest BCUT2D eigenvalue weighted by Gasteiger charge is -2.14. The van der Waals surface area contributed by atoms with Gasteiger partial charge in [-0.15, -0.1) is 0 Å². The van der Waals surface area contributed by atoms with Crippen molar-refractivity contribution in [1.29, 1.82) is 0 Å². The van der Waals surface area contributed by atoms with Crippen molar-refractivity contribution in [2.75, 3.05) is 11.1 Å². The van der Waals surface area contributed by atoms with Crippen LogP contribution >= 0.6 is 27.5 Å². The second-order valence-corrected chi connectivity index (χ2v) is 5.83. The maximum absolute atomic E-state index is 12.8. The lowest BCUT2D eigenvalue weighted by molar-refractivity contribution is -0.137. The average molecular weight is 380 g/mol.